The normalized spacial score (nSPS) is 17.6. The molecule has 0 saturated carbocycles. The Morgan fingerprint density at radius 2 is 2.20 bits per heavy atom. The summed E-state index contributed by atoms with van der Waals surface area (Å²) in [5.74, 6) is 0. The molecule has 20 heavy (non-hydrogen) atoms. The third kappa shape index (κ3) is 3.39. The van der Waals surface area contributed by atoms with Crippen LogP contribution in [0.15, 0.2) is 18.7 Å². The summed E-state index contributed by atoms with van der Waals surface area (Å²) >= 11 is 6.04. The van der Waals surface area contributed by atoms with Gasteiger partial charge >= 0.3 is 0 Å². The van der Waals surface area contributed by atoms with Crippen molar-refractivity contribution in [2.45, 2.75) is 32.1 Å². The minimum Gasteiger partial charge on any atom is -0.372 e. The molecule has 0 spiro atoms. The zero-order chi connectivity index (χ0) is 13.8. The van der Waals surface area contributed by atoms with E-state index in [9.17, 15) is 0 Å². The third-order valence-corrected chi connectivity index (χ3v) is 3.94. The predicted octanol–water partition coefficient (Wildman–Crippen LogP) is 1.97. The number of ether oxygens (including phenoxy) is 1. The Labute approximate surface area is 122 Å². The molecule has 1 saturated heterocycles. The van der Waals surface area contributed by atoms with Crippen molar-refractivity contribution in [3.63, 3.8) is 0 Å². The highest BCUT2D eigenvalue weighted by Crippen LogP contribution is 2.19. The number of likely N-dealkylation sites (tertiary alicyclic amines) is 1. The van der Waals surface area contributed by atoms with E-state index in [1.54, 1.807) is 18.7 Å². The molecule has 0 aliphatic carbocycles. The summed E-state index contributed by atoms with van der Waals surface area (Å²) in [6.07, 6.45) is 7.54. The second kappa shape index (κ2) is 6.39. The minimum atomic E-state index is 0.326. The first kappa shape index (κ1) is 13.6. The average Bonchev–Trinajstić information content (AvgIpc) is 3.11. The number of rotatable bonds is 5. The Morgan fingerprint density at radius 1 is 1.35 bits per heavy atom. The van der Waals surface area contributed by atoms with E-state index >= 15 is 0 Å². The average molecular weight is 296 g/mol. The molecule has 7 heteroatoms. The number of imidazole rings is 1. The monoisotopic (exact) mass is 295 g/mol. The van der Waals surface area contributed by atoms with Gasteiger partial charge in [-0.1, -0.05) is 11.6 Å². The molecule has 2 aromatic heterocycles. The van der Waals surface area contributed by atoms with Crippen LogP contribution in [0.25, 0.3) is 0 Å². The number of aromatic amines is 2. The molecule has 0 atom stereocenters. The van der Waals surface area contributed by atoms with Crippen LogP contribution >= 0.6 is 11.6 Å². The number of nitrogens with zero attached hydrogens (tertiary/aromatic N) is 3. The Balaban J connectivity index is 1.42. The number of hydrogen-bond acceptors (Lipinski definition) is 4. The van der Waals surface area contributed by atoms with E-state index in [2.05, 4.69) is 25.1 Å². The zero-order valence-electron chi connectivity index (χ0n) is 11.2. The number of nitrogens with one attached hydrogen (secondary N) is 2. The molecular weight excluding hydrogens is 278 g/mol. The first-order valence-corrected chi connectivity index (χ1v) is 7.18. The topological polar surface area (TPSA) is 69.8 Å². The van der Waals surface area contributed by atoms with Crippen molar-refractivity contribution in [1.82, 2.24) is 25.1 Å². The predicted molar refractivity (Wildman–Crippen MR) is 75.3 cm³/mol. The number of aromatic nitrogens is 4. The van der Waals surface area contributed by atoms with Gasteiger partial charge in [0.15, 0.2) is 0 Å². The molecule has 0 radical (unpaired) electrons. The highest BCUT2D eigenvalue weighted by molar-refractivity contribution is 6.31. The largest absolute Gasteiger partial charge is 0.372 e. The van der Waals surface area contributed by atoms with Crippen LogP contribution in [0.3, 0.4) is 0 Å². The fourth-order valence-corrected chi connectivity index (χ4v) is 2.59. The number of hydrogen-bond donors (Lipinski definition) is 2. The van der Waals surface area contributed by atoms with Crippen LogP contribution in [-0.2, 0) is 17.9 Å². The maximum Gasteiger partial charge on any atom is 0.0922 e. The van der Waals surface area contributed by atoms with Crippen LogP contribution < -0.4 is 0 Å². The van der Waals surface area contributed by atoms with E-state index in [1.807, 2.05) is 0 Å². The van der Waals surface area contributed by atoms with Crippen molar-refractivity contribution in [1.29, 1.82) is 0 Å². The molecule has 1 aliphatic heterocycles. The summed E-state index contributed by atoms with van der Waals surface area (Å²) in [4.78, 5) is 9.40. The van der Waals surface area contributed by atoms with Crippen LogP contribution in [-0.4, -0.2) is 44.3 Å². The van der Waals surface area contributed by atoms with Crippen molar-refractivity contribution >= 4 is 11.6 Å². The zero-order valence-corrected chi connectivity index (χ0v) is 11.9. The first-order valence-electron chi connectivity index (χ1n) is 6.80. The van der Waals surface area contributed by atoms with Crippen LogP contribution in [0, 0.1) is 0 Å². The highest BCUT2D eigenvalue weighted by atomic mass is 35.5. The van der Waals surface area contributed by atoms with Gasteiger partial charge in [0, 0.05) is 19.6 Å². The smallest absolute Gasteiger partial charge is 0.0922 e. The lowest BCUT2D eigenvalue weighted by atomic mass is 10.1. The summed E-state index contributed by atoms with van der Waals surface area (Å²) in [6, 6.07) is 0. The maximum absolute atomic E-state index is 6.04. The fourth-order valence-electron chi connectivity index (χ4n) is 2.44. The van der Waals surface area contributed by atoms with Gasteiger partial charge in [0.1, 0.15) is 0 Å². The van der Waals surface area contributed by atoms with Gasteiger partial charge in [-0.25, -0.2) is 4.98 Å². The molecular formula is C13H18ClN5O. The second-order valence-electron chi connectivity index (χ2n) is 5.06. The van der Waals surface area contributed by atoms with Crippen molar-refractivity contribution in [3.05, 3.63) is 35.1 Å². The van der Waals surface area contributed by atoms with Crippen LogP contribution in [0.4, 0.5) is 0 Å². The van der Waals surface area contributed by atoms with Gasteiger partial charge in [-0.05, 0) is 12.8 Å². The molecule has 3 rings (SSSR count). The molecule has 0 amide bonds. The minimum absolute atomic E-state index is 0.326. The lowest BCUT2D eigenvalue weighted by molar-refractivity contribution is -0.00530. The molecule has 1 aliphatic rings. The summed E-state index contributed by atoms with van der Waals surface area (Å²) in [5, 5.41) is 7.59. The van der Waals surface area contributed by atoms with Crippen molar-refractivity contribution in [2.24, 2.45) is 0 Å². The van der Waals surface area contributed by atoms with E-state index in [0.717, 1.165) is 43.9 Å². The van der Waals surface area contributed by atoms with E-state index in [-0.39, 0.29) is 0 Å². The Morgan fingerprint density at radius 3 is 2.85 bits per heavy atom. The van der Waals surface area contributed by atoms with E-state index in [4.69, 9.17) is 16.3 Å². The van der Waals surface area contributed by atoms with Gasteiger partial charge in [-0.15, -0.1) is 0 Å². The first-order chi connectivity index (χ1) is 9.81. The lowest BCUT2D eigenvalue weighted by Crippen LogP contribution is -2.36. The molecule has 1 fully saturated rings. The van der Waals surface area contributed by atoms with E-state index in [0.29, 0.717) is 17.7 Å². The van der Waals surface area contributed by atoms with Crippen LogP contribution in [0.5, 0.6) is 0 Å². The van der Waals surface area contributed by atoms with Gasteiger partial charge < -0.3 is 9.72 Å². The summed E-state index contributed by atoms with van der Waals surface area (Å²) < 4.78 is 5.89. The molecule has 3 heterocycles. The highest BCUT2D eigenvalue weighted by Gasteiger charge is 2.20. The van der Waals surface area contributed by atoms with Crippen LogP contribution in [0.1, 0.15) is 24.2 Å². The van der Waals surface area contributed by atoms with E-state index in [1.165, 1.54) is 0 Å². The summed E-state index contributed by atoms with van der Waals surface area (Å²) in [5.41, 5.74) is 2.01. The van der Waals surface area contributed by atoms with Crippen LogP contribution in [0.2, 0.25) is 5.02 Å². The van der Waals surface area contributed by atoms with Gasteiger partial charge in [-0.3, -0.25) is 10.00 Å². The van der Waals surface area contributed by atoms with Gasteiger partial charge in [0.05, 0.1) is 47.8 Å². The molecule has 2 N–H and O–H groups in total. The fraction of sp³-hybridized carbons (Fsp3) is 0.538. The van der Waals surface area contributed by atoms with Crippen molar-refractivity contribution < 1.29 is 4.74 Å². The Bertz CT molecular complexity index is 519. The second-order valence-corrected chi connectivity index (χ2v) is 5.47. The third-order valence-electron chi connectivity index (χ3n) is 3.61. The standard InChI is InChI=1S/C13H18ClN5O/c14-12-6-17-18-13(12)7-19-3-1-11(2-4-19)20-8-10-5-15-9-16-10/h5-6,9,11H,1-4,7-8H2,(H,15,16)(H,17,18). The molecule has 108 valence electrons. The van der Waals surface area contributed by atoms with Crippen molar-refractivity contribution in [3.8, 4) is 0 Å². The number of halogens is 1. The SMILES string of the molecule is Clc1cn[nH]c1CN1CCC(OCc2cnc[nH]2)CC1. The number of piperidine rings is 1. The van der Waals surface area contributed by atoms with Gasteiger partial charge in [0.25, 0.3) is 0 Å². The van der Waals surface area contributed by atoms with Gasteiger partial charge in [-0.2, -0.15) is 5.10 Å². The van der Waals surface area contributed by atoms with Crippen molar-refractivity contribution in [2.75, 3.05) is 13.1 Å². The summed E-state index contributed by atoms with van der Waals surface area (Å²) in [6.45, 7) is 3.47. The lowest BCUT2D eigenvalue weighted by Gasteiger charge is -2.31. The quantitative estimate of drug-likeness (QED) is 0.885. The number of H-pyrrole nitrogens is 2. The Hall–Kier alpha value is -1.37. The summed E-state index contributed by atoms with van der Waals surface area (Å²) in [7, 11) is 0. The molecule has 0 bridgehead atoms. The van der Waals surface area contributed by atoms with E-state index < -0.39 is 0 Å². The molecule has 2 aromatic rings. The van der Waals surface area contributed by atoms with Gasteiger partial charge in [0.2, 0.25) is 0 Å². The Kier molecular flexibility index (Phi) is 4.34. The maximum atomic E-state index is 6.04. The molecule has 6 nitrogen and oxygen atoms in total. The molecule has 0 aromatic carbocycles. The molecule has 0 unspecified atom stereocenters.